The van der Waals surface area contributed by atoms with E-state index in [4.69, 9.17) is 5.73 Å². The number of alkyl halides is 3. The van der Waals surface area contributed by atoms with E-state index < -0.39 is 23.9 Å². The van der Waals surface area contributed by atoms with Crippen LogP contribution in [-0.4, -0.2) is 68.5 Å². The van der Waals surface area contributed by atoms with E-state index in [9.17, 15) is 23.1 Å². The van der Waals surface area contributed by atoms with Gasteiger partial charge in [0.2, 0.25) is 0 Å². The Hall–Kier alpha value is -4.33. The monoisotopic (exact) mass is 622 g/mol. The molecule has 0 radical (unpaired) electrons. The topological polar surface area (TPSA) is 145 Å². The molecule has 1 saturated heterocycles. The van der Waals surface area contributed by atoms with Crippen molar-refractivity contribution in [2.75, 3.05) is 31.2 Å². The highest BCUT2D eigenvalue weighted by molar-refractivity contribution is 6.05. The van der Waals surface area contributed by atoms with Crippen LogP contribution in [-0.2, 0) is 6.18 Å². The van der Waals surface area contributed by atoms with Crippen LogP contribution in [0.2, 0.25) is 0 Å². The molecule has 1 aliphatic heterocycles. The lowest BCUT2D eigenvalue weighted by molar-refractivity contribution is -0.137. The maximum atomic E-state index is 13.0. The van der Waals surface area contributed by atoms with Gasteiger partial charge in [0.15, 0.2) is 0 Å². The molecular formula is C32H37F3N8O2. The Labute approximate surface area is 258 Å². The number of anilines is 2. The van der Waals surface area contributed by atoms with Crippen LogP contribution in [0.25, 0.3) is 28.2 Å². The molecule has 1 aromatic carbocycles. The van der Waals surface area contributed by atoms with E-state index in [1.165, 1.54) is 0 Å². The van der Waals surface area contributed by atoms with Gasteiger partial charge in [-0.2, -0.15) is 18.3 Å². The fourth-order valence-electron chi connectivity index (χ4n) is 5.54. The first-order valence-electron chi connectivity index (χ1n) is 15.0. The molecule has 2 atom stereocenters. The molecule has 6 N–H and O–H groups in total. The van der Waals surface area contributed by atoms with Crippen LogP contribution in [0.15, 0.2) is 54.9 Å². The smallest absolute Gasteiger partial charge is 0.383 e. The number of H-pyrrole nitrogens is 1. The number of nitrogens with zero attached hydrogens (tertiary/aromatic N) is 4. The highest BCUT2D eigenvalue weighted by atomic mass is 19.4. The normalized spacial score (nSPS) is 16.5. The van der Waals surface area contributed by atoms with Gasteiger partial charge in [0.1, 0.15) is 23.4 Å². The molecule has 0 spiro atoms. The van der Waals surface area contributed by atoms with Crippen molar-refractivity contribution in [3.63, 3.8) is 0 Å². The van der Waals surface area contributed by atoms with Gasteiger partial charge < -0.3 is 16.2 Å². The average molecular weight is 623 g/mol. The van der Waals surface area contributed by atoms with E-state index in [-0.39, 0.29) is 17.4 Å². The summed E-state index contributed by atoms with van der Waals surface area (Å²) in [4.78, 5) is 23.0. The number of likely N-dealkylation sites (tertiary alicyclic amines) is 1. The summed E-state index contributed by atoms with van der Waals surface area (Å²) in [5.41, 5.74) is 8.40. The third-order valence-electron chi connectivity index (χ3n) is 8.04. The maximum Gasteiger partial charge on any atom is 0.416 e. The number of rotatable bonds is 12. The Morgan fingerprint density at radius 2 is 2.00 bits per heavy atom. The SMILES string of the molecule is CN1CCCC1C(O)NCCCCC/C=C/c1cnc(N)c2c(-c3ccc(C(=O)Nc4cc(C(F)(F)F)ccn4)cc3)[nH]nc12. The van der Waals surface area contributed by atoms with Gasteiger partial charge >= 0.3 is 6.18 Å². The molecule has 1 fully saturated rings. The minimum absolute atomic E-state index is 0.197. The summed E-state index contributed by atoms with van der Waals surface area (Å²) in [5.74, 6) is -0.485. The number of pyridine rings is 2. The van der Waals surface area contributed by atoms with Crippen molar-refractivity contribution >= 4 is 34.5 Å². The number of hydrogen-bond acceptors (Lipinski definition) is 8. The molecule has 3 aromatic heterocycles. The van der Waals surface area contributed by atoms with Crippen LogP contribution in [0.1, 0.15) is 60.0 Å². The third-order valence-corrected chi connectivity index (χ3v) is 8.04. The lowest BCUT2D eigenvalue weighted by atomic mass is 10.0. The fraction of sp³-hybridized carbons (Fsp3) is 0.375. The number of carbonyl (C=O) groups excluding carboxylic acids is 1. The third kappa shape index (κ3) is 7.85. The van der Waals surface area contributed by atoms with Crippen LogP contribution in [0.3, 0.4) is 0 Å². The van der Waals surface area contributed by atoms with E-state index in [1.54, 1.807) is 30.5 Å². The number of aromatic nitrogens is 4. The first kappa shape index (κ1) is 32.1. The molecule has 10 nitrogen and oxygen atoms in total. The molecule has 4 heterocycles. The van der Waals surface area contributed by atoms with Crippen LogP contribution in [0.4, 0.5) is 24.8 Å². The molecule has 238 valence electrons. The minimum atomic E-state index is -4.54. The van der Waals surface area contributed by atoms with Gasteiger partial charge in [-0.1, -0.05) is 30.7 Å². The molecule has 4 aromatic rings. The van der Waals surface area contributed by atoms with Crippen molar-refractivity contribution in [3.8, 4) is 11.3 Å². The van der Waals surface area contributed by atoms with Crippen molar-refractivity contribution in [2.45, 2.75) is 57.0 Å². The van der Waals surface area contributed by atoms with Gasteiger partial charge in [-0.15, -0.1) is 0 Å². The molecule has 1 aliphatic rings. The zero-order valence-corrected chi connectivity index (χ0v) is 24.9. The lowest BCUT2D eigenvalue weighted by Gasteiger charge is -2.25. The number of amides is 1. The fourth-order valence-corrected chi connectivity index (χ4v) is 5.54. The summed E-state index contributed by atoms with van der Waals surface area (Å²) < 4.78 is 39.0. The number of nitrogens with one attached hydrogen (secondary N) is 3. The quantitative estimate of drug-likeness (QED) is 0.104. The number of nitrogens with two attached hydrogens (primary N) is 1. The molecule has 0 bridgehead atoms. The van der Waals surface area contributed by atoms with E-state index in [0.717, 1.165) is 75.5 Å². The number of carbonyl (C=O) groups is 1. The van der Waals surface area contributed by atoms with Crippen molar-refractivity contribution in [1.29, 1.82) is 0 Å². The second-order valence-corrected chi connectivity index (χ2v) is 11.2. The van der Waals surface area contributed by atoms with Gasteiger partial charge in [-0.3, -0.25) is 20.1 Å². The predicted molar refractivity (Wildman–Crippen MR) is 168 cm³/mol. The van der Waals surface area contributed by atoms with Gasteiger partial charge in [-0.05, 0) is 76.5 Å². The number of hydrogen-bond donors (Lipinski definition) is 5. The second kappa shape index (κ2) is 14.2. The van der Waals surface area contributed by atoms with Crippen LogP contribution in [0.5, 0.6) is 0 Å². The molecule has 0 aliphatic carbocycles. The zero-order valence-electron chi connectivity index (χ0n) is 24.9. The van der Waals surface area contributed by atoms with E-state index in [1.807, 2.05) is 6.08 Å². The molecular weight excluding hydrogens is 585 g/mol. The number of fused-ring (bicyclic) bond motifs is 1. The second-order valence-electron chi connectivity index (χ2n) is 11.2. The van der Waals surface area contributed by atoms with Crippen LogP contribution >= 0.6 is 0 Å². The number of aliphatic hydroxyl groups is 1. The van der Waals surface area contributed by atoms with Gasteiger partial charge in [0, 0.05) is 35.1 Å². The van der Waals surface area contributed by atoms with Crippen molar-refractivity contribution < 1.29 is 23.1 Å². The summed E-state index contributed by atoms with van der Waals surface area (Å²) in [6.07, 6.45) is 7.80. The van der Waals surface area contributed by atoms with Crippen LogP contribution < -0.4 is 16.4 Å². The molecule has 0 saturated carbocycles. The number of aliphatic hydroxyl groups excluding tert-OH is 1. The minimum Gasteiger partial charge on any atom is -0.383 e. The van der Waals surface area contributed by atoms with E-state index >= 15 is 0 Å². The predicted octanol–water partition coefficient (Wildman–Crippen LogP) is 5.45. The van der Waals surface area contributed by atoms with Gasteiger partial charge in [0.05, 0.1) is 16.6 Å². The summed E-state index contributed by atoms with van der Waals surface area (Å²) in [5, 5.41) is 24.2. The van der Waals surface area contributed by atoms with Crippen molar-refractivity contribution in [3.05, 3.63) is 71.6 Å². The maximum absolute atomic E-state index is 13.0. The molecule has 2 unspecified atom stereocenters. The Kier molecular flexibility index (Phi) is 10.1. The Morgan fingerprint density at radius 3 is 2.73 bits per heavy atom. The van der Waals surface area contributed by atoms with Crippen molar-refractivity contribution in [1.82, 2.24) is 30.4 Å². The molecule has 45 heavy (non-hydrogen) atoms. The zero-order chi connectivity index (χ0) is 32.0. The molecule has 13 heteroatoms. The highest BCUT2D eigenvalue weighted by Gasteiger charge is 2.31. The summed E-state index contributed by atoms with van der Waals surface area (Å²) in [6.45, 7) is 1.82. The number of halogens is 3. The summed E-state index contributed by atoms with van der Waals surface area (Å²) in [6, 6.07) is 8.33. The first-order valence-corrected chi connectivity index (χ1v) is 15.0. The number of benzene rings is 1. The standard InChI is InChI=1S/C32H37F3N8O2/c1-43-17-7-9-24(43)31(45)38-15-6-4-2-3-5-8-22-19-39-29(36)26-27(41-42-28(22)26)20-10-12-21(13-11-20)30(44)40-25-18-23(14-16-37-25)32(33,34)35/h5,8,10-14,16,18-19,24,31,38,45H,2-4,6-7,9,15,17H2,1H3,(H2,36,39)(H,41,42)(H,37,40,44)/b8-5+. The molecule has 5 rings (SSSR count). The van der Waals surface area contributed by atoms with Gasteiger partial charge in [0.25, 0.3) is 5.91 Å². The van der Waals surface area contributed by atoms with E-state index in [2.05, 4.69) is 48.8 Å². The molecule has 1 amide bonds. The summed E-state index contributed by atoms with van der Waals surface area (Å²) >= 11 is 0. The number of nitrogen functional groups attached to an aromatic ring is 1. The van der Waals surface area contributed by atoms with Crippen LogP contribution in [0, 0.1) is 0 Å². The number of likely N-dealkylation sites (N-methyl/N-ethyl adjacent to an activating group) is 1. The summed E-state index contributed by atoms with van der Waals surface area (Å²) in [7, 11) is 2.05. The van der Waals surface area contributed by atoms with E-state index in [0.29, 0.717) is 28.0 Å². The average Bonchev–Trinajstić information content (AvgIpc) is 3.66. The lowest BCUT2D eigenvalue weighted by Crippen LogP contribution is -2.45. The van der Waals surface area contributed by atoms with Gasteiger partial charge in [-0.25, -0.2) is 9.97 Å². The number of unbranched alkanes of at least 4 members (excludes halogenated alkanes) is 3. The Balaban J connectivity index is 1.16. The highest BCUT2D eigenvalue weighted by Crippen LogP contribution is 2.33. The number of aromatic amines is 1. The van der Waals surface area contributed by atoms with Crippen molar-refractivity contribution in [2.24, 2.45) is 0 Å². The Morgan fingerprint density at radius 1 is 1.20 bits per heavy atom. The number of allylic oxidation sites excluding steroid dienone is 1. The first-order chi connectivity index (χ1) is 21.6. The Bertz CT molecular complexity index is 1640. The largest absolute Gasteiger partial charge is 0.416 e.